The van der Waals surface area contributed by atoms with Gasteiger partial charge in [0.2, 0.25) is 0 Å². The molecule has 4 rings (SSSR count). The van der Waals surface area contributed by atoms with Gasteiger partial charge in [0.25, 0.3) is 5.56 Å². The van der Waals surface area contributed by atoms with Crippen molar-refractivity contribution < 1.29 is 5.11 Å². The van der Waals surface area contributed by atoms with E-state index in [1.165, 1.54) is 29.5 Å². The van der Waals surface area contributed by atoms with Crippen LogP contribution >= 0.6 is 11.8 Å². The van der Waals surface area contributed by atoms with Gasteiger partial charge in [0.15, 0.2) is 10.7 Å². The Morgan fingerprint density at radius 1 is 1.17 bits per heavy atom. The average molecular weight is 338 g/mol. The first-order valence-corrected chi connectivity index (χ1v) is 8.19. The molecule has 6 nitrogen and oxygen atoms in total. The summed E-state index contributed by atoms with van der Waals surface area (Å²) in [6.07, 6.45) is 0. The molecule has 0 fully saturated rings. The van der Waals surface area contributed by atoms with E-state index in [-0.39, 0.29) is 11.3 Å². The third-order valence-electron chi connectivity index (χ3n) is 3.85. The van der Waals surface area contributed by atoms with Crippen LogP contribution < -0.4 is 5.56 Å². The number of benzene rings is 2. The minimum atomic E-state index is -0.339. The molecule has 120 valence electrons. The Morgan fingerprint density at radius 3 is 2.79 bits per heavy atom. The lowest BCUT2D eigenvalue weighted by Crippen LogP contribution is -2.10. The first-order chi connectivity index (χ1) is 11.5. The summed E-state index contributed by atoms with van der Waals surface area (Å²) in [6, 6.07) is 10.7. The maximum atomic E-state index is 12.3. The van der Waals surface area contributed by atoms with Crippen molar-refractivity contribution in [1.29, 1.82) is 0 Å². The Balaban J connectivity index is 1.91. The van der Waals surface area contributed by atoms with Crippen LogP contribution in [0.4, 0.5) is 0 Å². The molecular weight excluding hydrogens is 324 g/mol. The van der Waals surface area contributed by atoms with Crippen LogP contribution in [-0.2, 0) is 0 Å². The lowest BCUT2D eigenvalue weighted by Gasteiger charge is -2.04. The molecule has 2 heterocycles. The van der Waals surface area contributed by atoms with Gasteiger partial charge in [-0.15, -0.1) is 5.10 Å². The number of aryl methyl sites for hydroxylation is 2. The minimum Gasteiger partial charge on any atom is -0.508 e. The van der Waals surface area contributed by atoms with Crippen molar-refractivity contribution in [3.8, 4) is 5.75 Å². The number of aromatic hydroxyl groups is 1. The van der Waals surface area contributed by atoms with Crippen LogP contribution in [0.5, 0.6) is 5.75 Å². The topological polar surface area (TPSA) is 83.3 Å². The Morgan fingerprint density at radius 2 is 2.00 bits per heavy atom. The zero-order valence-electron chi connectivity index (χ0n) is 13.1. The van der Waals surface area contributed by atoms with E-state index in [0.29, 0.717) is 21.6 Å². The zero-order valence-corrected chi connectivity index (χ0v) is 13.9. The van der Waals surface area contributed by atoms with Crippen LogP contribution in [0, 0.1) is 13.8 Å². The summed E-state index contributed by atoms with van der Waals surface area (Å²) in [6.45, 7) is 4.09. The molecule has 0 aliphatic carbocycles. The first kappa shape index (κ1) is 14.8. The van der Waals surface area contributed by atoms with Crippen LogP contribution in [0.1, 0.15) is 11.1 Å². The van der Waals surface area contributed by atoms with E-state index >= 15 is 0 Å². The maximum Gasteiger partial charge on any atom is 0.281 e. The molecule has 24 heavy (non-hydrogen) atoms. The van der Waals surface area contributed by atoms with Gasteiger partial charge >= 0.3 is 0 Å². The van der Waals surface area contributed by atoms with Gasteiger partial charge in [0.1, 0.15) is 5.75 Å². The molecule has 2 N–H and O–H groups in total. The quantitative estimate of drug-likeness (QED) is 0.587. The Hall–Kier alpha value is -2.80. The predicted octanol–water partition coefficient (Wildman–Crippen LogP) is 3.04. The largest absolute Gasteiger partial charge is 0.508 e. The second kappa shape index (κ2) is 5.38. The summed E-state index contributed by atoms with van der Waals surface area (Å²) in [7, 11) is 0. The molecule has 0 bridgehead atoms. The molecule has 0 aliphatic rings. The van der Waals surface area contributed by atoms with Gasteiger partial charge in [0, 0.05) is 11.0 Å². The number of hydrogen-bond acceptors (Lipinski definition) is 5. The third kappa shape index (κ3) is 2.33. The van der Waals surface area contributed by atoms with Gasteiger partial charge in [-0.25, -0.2) is 9.73 Å². The summed E-state index contributed by atoms with van der Waals surface area (Å²) in [4.78, 5) is 17.5. The molecule has 2 aromatic carbocycles. The van der Waals surface area contributed by atoms with Gasteiger partial charge < -0.3 is 5.11 Å². The van der Waals surface area contributed by atoms with Gasteiger partial charge in [0.05, 0.1) is 10.9 Å². The first-order valence-electron chi connectivity index (χ1n) is 7.38. The van der Waals surface area contributed by atoms with E-state index in [1.54, 1.807) is 10.6 Å². The predicted molar refractivity (Wildman–Crippen MR) is 92.8 cm³/mol. The molecule has 2 aromatic heterocycles. The van der Waals surface area contributed by atoms with Crippen molar-refractivity contribution in [3.05, 3.63) is 57.9 Å². The highest BCUT2D eigenvalue weighted by molar-refractivity contribution is 7.99. The summed E-state index contributed by atoms with van der Waals surface area (Å²) < 4.78 is 1.61. The smallest absolute Gasteiger partial charge is 0.281 e. The number of hydrogen-bond donors (Lipinski definition) is 2. The highest BCUT2D eigenvalue weighted by Gasteiger charge is 2.14. The van der Waals surface area contributed by atoms with Crippen molar-refractivity contribution >= 4 is 28.3 Å². The van der Waals surface area contributed by atoms with E-state index in [1.807, 2.05) is 26.0 Å². The van der Waals surface area contributed by atoms with E-state index in [9.17, 15) is 9.90 Å². The van der Waals surface area contributed by atoms with Crippen LogP contribution in [-0.4, -0.2) is 24.9 Å². The van der Waals surface area contributed by atoms with Gasteiger partial charge in [-0.3, -0.25) is 4.79 Å². The monoisotopic (exact) mass is 338 g/mol. The highest BCUT2D eigenvalue weighted by Crippen LogP contribution is 2.31. The maximum absolute atomic E-state index is 12.3. The van der Waals surface area contributed by atoms with Crippen LogP contribution in [0.3, 0.4) is 0 Å². The van der Waals surface area contributed by atoms with Crippen molar-refractivity contribution in [3.63, 3.8) is 0 Å². The van der Waals surface area contributed by atoms with E-state index < -0.39 is 0 Å². The molecule has 0 atom stereocenters. The third-order valence-corrected chi connectivity index (χ3v) is 5.00. The van der Waals surface area contributed by atoms with Crippen LogP contribution in [0.25, 0.3) is 16.6 Å². The van der Waals surface area contributed by atoms with Crippen molar-refractivity contribution in [2.24, 2.45) is 0 Å². The van der Waals surface area contributed by atoms with E-state index in [4.69, 9.17) is 0 Å². The SMILES string of the molecule is Cc1ccc(Sc2n[nH]n3c2nc(=O)c2ccc(O)cc23)c(C)c1. The summed E-state index contributed by atoms with van der Waals surface area (Å²) in [5, 5.41) is 17.9. The standard InChI is InChI=1S/C17H14N4O2S/c1-9-3-6-14(10(2)7-9)24-17-15-18-16(23)12-5-4-11(22)8-13(12)21(15)20-19-17/h3-8,20,22H,1-2H3. The van der Waals surface area contributed by atoms with E-state index in [0.717, 1.165) is 10.5 Å². The molecule has 0 spiro atoms. The molecule has 0 amide bonds. The lowest BCUT2D eigenvalue weighted by atomic mass is 10.2. The molecule has 0 saturated heterocycles. The highest BCUT2D eigenvalue weighted by atomic mass is 32.2. The van der Waals surface area contributed by atoms with Crippen molar-refractivity contribution in [2.45, 2.75) is 23.8 Å². The Bertz CT molecular complexity index is 1150. The number of aromatic nitrogens is 4. The zero-order chi connectivity index (χ0) is 16.8. The summed E-state index contributed by atoms with van der Waals surface area (Å²) >= 11 is 1.45. The van der Waals surface area contributed by atoms with Gasteiger partial charge in [-0.1, -0.05) is 29.5 Å². The van der Waals surface area contributed by atoms with E-state index in [2.05, 4.69) is 21.4 Å². The summed E-state index contributed by atoms with van der Waals surface area (Å²) in [5.41, 5.74) is 2.99. The molecule has 7 heteroatoms. The second-order valence-corrected chi connectivity index (χ2v) is 6.70. The number of H-pyrrole nitrogens is 1. The number of phenolic OH excluding ortho intramolecular Hbond substituents is 1. The number of nitrogens with zero attached hydrogens (tertiary/aromatic N) is 3. The minimum absolute atomic E-state index is 0.0834. The molecular formula is C17H14N4O2S. The number of phenols is 1. The number of rotatable bonds is 2. The fourth-order valence-corrected chi connectivity index (χ4v) is 3.56. The van der Waals surface area contributed by atoms with Crippen LogP contribution in [0.2, 0.25) is 0 Å². The van der Waals surface area contributed by atoms with Gasteiger partial charge in [-0.05, 0) is 37.6 Å². The Labute approximate surface area is 141 Å². The number of fused-ring (bicyclic) bond motifs is 3. The van der Waals surface area contributed by atoms with Crippen LogP contribution in [0.15, 0.2) is 51.1 Å². The molecule has 0 aliphatic heterocycles. The fourth-order valence-electron chi connectivity index (χ4n) is 2.68. The molecule has 0 unspecified atom stereocenters. The molecule has 4 aromatic rings. The molecule has 0 saturated carbocycles. The lowest BCUT2D eigenvalue weighted by molar-refractivity contribution is 0.476. The molecule has 0 radical (unpaired) electrons. The normalized spacial score (nSPS) is 11.4. The van der Waals surface area contributed by atoms with Crippen molar-refractivity contribution in [1.82, 2.24) is 19.8 Å². The fraction of sp³-hybridized carbons (Fsp3) is 0.118. The second-order valence-electron chi connectivity index (χ2n) is 5.67. The van der Waals surface area contributed by atoms with Crippen molar-refractivity contribution in [2.75, 3.05) is 0 Å². The van der Waals surface area contributed by atoms with Gasteiger partial charge in [-0.2, -0.15) is 4.98 Å². The number of aromatic amines is 1. The summed E-state index contributed by atoms with van der Waals surface area (Å²) in [5.74, 6) is 0.0834. The average Bonchev–Trinajstić information content (AvgIpc) is 2.93. The Kier molecular flexibility index (Phi) is 3.31. The number of nitrogens with one attached hydrogen (secondary N) is 1.